The molecule has 3 aromatic rings. The lowest BCUT2D eigenvalue weighted by Crippen LogP contribution is -2.33. The molecule has 27 heavy (non-hydrogen) atoms. The van der Waals surface area contributed by atoms with Crippen molar-refractivity contribution in [1.29, 1.82) is 0 Å². The first-order valence-electron chi connectivity index (χ1n) is 8.27. The van der Waals surface area contributed by atoms with Crippen LogP contribution in [0.1, 0.15) is 11.8 Å². The number of benzene rings is 1. The fourth-order valence-corrected chi connectivity index (χ4v) is 3.90. The van der Waals surface area contributed by atoms with Crippen molar-refractivity contribution in [3.8, 4) is 0 Å². The fourth-order valence-electron chi connectivity index (χ4n) is 2.99. The number of aromatic nitrogens is 4. The molecule has 0 amide bonds. The summed E-state index contributed by atoms with van der Waals surface area (Å²) in [4.78, 5) is 11.9. The first kappa shape index (κ1) is 18.3. The van der Waals surface area contributed by atoms with Gasteiger partial charge >= 0.3 is 6.08 Å². The first-order valence-corrected chi connectivity index (χ1v) is 9.26. The van der Waals surface area contributed by atoms with Gasteiger partial charge in [0.05, 0.1) is 12.9 Å². The average Bonchev–Trinajstić information content (AvgIpc) is 3.22. The summed E-state index contributed by atoms with van der Waals surface area (Å²) in [7, 11) is 0. The molecular weight excluding hydrogens is 375 g/mol. The number of thioether (sulfide) groups is 1. The van der Waals surface area contributed by atoms with Gasteiger partial charge in [-0.1, -0.05) is 42.1 Å². The van der Waals surface area contributed by atoms with E-state index in [2.05, 4.69) is 15.0 Å². The highest BCUT2D eigenvalue weighted by atomic mass is 32.2. The molecular formula is C17H17FN4O4S. The van der Waals surface area contributed by atoms with Crippen LogP contribution in [0, 0.1) is 6.08 Å². The van der Waals surface area contributed by atoms with Crippen molar-refractivity contribution < 1.29 is 24.4 Å². The smallest absolute Gasteiger partial charge is 0.311 e. The molecule has 1 aliphatic heterocycles. The third-order valence-electron chi connectivity index (χ3n) is 4.37. The molecule has 8 nitrogen and oxygen atoms in total. The SMILES string of the molecule is OC[C@@H]1O[C@@H](n2cnc3c(SCc4ccccc4)nc(F)nc32)[C@H](O)[C@@H]1O. The molecule has 1 saturated heterocycles. The van der Waals surface area contributed by atoms with Gasteiger partial charge < -0.3 is 20.1 Å². The van der Waals surface area contributed by atoms with E-state index in [-0.39, 0.29) is 5.65 Å². The second kappa shape index (κ2) is 7.49. The van der Waals surface area contributed by atoms with Crippen LogP contribution in [0.3, 0.4) is 0 Å². The number of hydrogen-bond donors (Lipinski definition) is 3. The highest BCUT2D eigenvalue weighted by molar-refractivity contribution is 7.98. The largest absolute Gasteiger partial charge is 0.394 e. The Balaban J connectivity index is 1.66. The summed E-state index contributed by atoms with van der Waals surface area (Å²) in [5.41, 5.74) is 1.57. The fraction of sp³-hybridized carbons (Fsp3) is 0.353. The van der Waals surface area contributed by atoms with Gasteiger partial charge in [-0.3, -0.25) is 4.57 Å². The van der Waals surface area contributed by atoms with Crippen molar-refractivity contribution >= 4 is 22.9 Å². The van der Waals surface area contributed by atoms with Gasteiger partial charge in [0, 0.05) is 5.75 Å². The predicted octanol–water partition coefficient (Wildman–Crippen LogP) is 0.869. The lowest BCUT2D eigenvalue weighted by Gasteiger charge is -2.16. The maximum absolute atomic E-state index is 14.0. The molecule has 3 N–H and O–H groups in total. The van der Waals surface area contributed by atoms with Crippen LogP contribution in [0.2, 0.25) is 0 Å². The predicted molar refractivity (Wildman–Crippen MR) is 94.3 cm³/mol. The van der Waals surface area contributed by atoms with Crippen molar-refractivity contribution in [2.24, 2.45) is 0 Å². The molecule has 10 heteroatoms. The van der Waals surface area contributed by atoms with E-state index < -0.39 is 37.2 Å². The molecule has 0 spiro atoms. The molecule has 0 saturated carbocycles. The lowest BCUT2D eigenvalue weighted by atomic mass is 10.1. The molecule has 3 heterocycles. The molecule has 0 bridgehead atoms. The summed E-state index contributed by atoms with van der Waals surface area (Å²) in [5, 5.41) is 29.7. The minimum absolute atomic E-state index is 0.146. The maximum atomic E-state index is 14.0. The monoisotopic (exact) mass is 392 g/mol. The summed E-state index contributed by atoms with van der Waals surface area (Å²) >= 11 is 1.32. The van der Waals surface area contributed by atoms with E-state index in [1.165, 1.54) is 22.7 Å². The van der Waals surface area contributed by atoms with Crippen LogP contribution in [0.4, 0.5) is 4.39 Å². The number of halogens is 1. The standard InChI is InChI=1S/C17H17FN4O4S/c18-17-20-14-11(15(21-17)27-7-9-4-2-1-3-5-9)19-8-22(14)16-13(25)12(24)10(6-23)26-16/h1-5,8,10,12-13,16,23-25H,6-7H2/t10-,12+,13+,16+/m0/s1. The summed E-state index contributed by atoms with van der Waals surface area (Å²) < 4.78 is 20.8. The number of hydrogen-bond acceptors (Lipinski definition) is 8. The van der Waals surface area contributed by atoms with E-state index in [0.29, 0.717) is 16.3 Å². The van der Waals surface area contributed by atoms with Gasteiger partial charge in [0.1, 0.15) is 28.9 Å². The zero-order valence-corrected chi connectivity index (χ0v) is 14.8. The number of ether oxygens (including phenoxy) is 1. The summed E-state index contributed by atoms with van der Waals surface area (Å²) in [6, 6.07) is 9.67. The average molecular weight is 392 g/mol. The number of nitrogens with zero attached hydrogens (tertiary/aromatic N) is 4. The lowest BCUT2D eigenvalue weighted by molar-refractivity contribution is -0.0511. The molecule has 0 radical (unpaired) electrons. The molecule has 2 aromatic heterocycles. The molecule has 1 aliphatic rings. The van der Waals surface area contributed by atoms with Gasteiger partial charge in [-0.2, -0.15) is 14.4 Å². The van der Waals surface area contributed by atoms with E-state index >= 15 is 0 Å². The van der Waals surface area contributed by atoms with Gasteiger partial charge in [-0.15, -0.1) is 0 Å². The van der Waals surface area contributed by atoms with Gasteiger partial charge in [-0.25, -0.2) is 4.98 Å². The van der Waals surface area contributed by atoms with Gasteiger partial charge in [-0.05, 0) is 5.56 Å². The van der Waals surface area contributed by atoms with Gasteiger partial charge in [0.15, 0.2) is 11.9 Å². The quantitative estimate of drug-likeness (QED) is 0.333. The van der Waals surface area contributed by atoms with Crippen LogP contribution in [0.25, 0.3) is 11.2 Å². The Bertz CT molecular complexity index is 941. The van der Waals surface area contributed by atoms with E-state index in [1.807, 2.05) is 30.3 Å². The Kier molecular flexibility index (Phi) is 5.06. The van der Waals surface area contributed by atoms with Crippen molar-refractivity contribution in [1.82, 2.24) is 19.5 Å². The number of fused-ring (bicyclic) bond motifs is 1. The third-order valence-corrected chi connectivity index (χ3v) is 5.41. The topological polar surface area (TPSA) is 114 Å². The third kappa shape index (κ3) is 3.42. The van der Waals surface area contributed by atoms with Crippen LogP contribution in [0.5, 0.6) is 0 Å². The highest BCUT2D eigenvalue weighted by Gasteiger charge is 2.44. The molecule has 1 aromatic carbocycles. The second-order valence-electron chi connectivity index (χ2n) is 6.12. The van der Waals surface area contributed by atoms with Gasteiger partial charge in [0.2, 0.25) is 0 Å². The molecule has 0 unspecified atom stereocenters. The van der Waals surface area contributed by atoms with Crippen LogP contribution in [-0.2, 0) is 10.5 Å². The van der Waals surface area contributed by atoms with E-state index in [0.717, 1.165) is 5.56 Å². The summed E-state index contributed by atoms with van der Waals surface area (Å²) in [5.74, 6) is 0.576. The van der Waals surface area contributed by atoms with Crippen LogP contribution < -0.4 is 0 Å². The Labute approximate surface area is 157 Å². The summed E-state index contributed by atoms with van der Waals surface area (Å²) in [6.07, 6.45) is -4.13. The van der Waals surface area contributed by atoms with Gasteiger partial charge in [0.25, 0.3) is 0 Å². The van der Waals surface area contributed by atoms with E-state index in [9.17, 15) is 19.7 Å². The highest BCUT2D eigenvalue weighted by Crippen LogP contribution is 2.33. The van der Waals surface area contributed by atoms with Crippen LogP contribution in [0.15, 0.2) is 41.7 Å². The molecule has 0 aliphatic carbocycles. The number of imidazole rings is 1. The summed E-state index contributed by atoms with van der Waals surface area (Å²) in [6.45, 7) is -0.455. The van der Waals surface area contributed by atoms with Crippen molar-refractivity contribution in [2.75, 3.05) is 6.61 Å². The second-order valence-corrected chi connectivity index (χ2v) is 7.09. The van der Waals surface area contributed by atoms with Crippen molar-refractivity contribution in [3.63, 3.8) is 0 Å². The van der Waals surface area contributed by atoms with E-state index in [4.69, 9.17) is 4.74 Å². The van der Waals surface area contributed by atoms with Crippen LogP contribution >= 0.6 is 11.8 Å². The zero-order valence-electron chi connectivity index (χ0n) is 14.0. The van der Waals surface area contributed by atoms with Crippen molar-refractivity contribution in [3.05, 3.63) is 48.3 Å². The number of rotatable bonds is 5. The maximum Gasteiger partial charge on any atom is 0.311 e. The first-order chi connectivity index (χ1) is 13.1. The minimum atomic E-state index is -1.31. The molecule has 142 valence electrons. The Morgan fingerprint density at radius 2 is 1.93 bits per heavy atom. The normalized spacial score (nSPS) is 25.3. The Morgan fingerprint density at radius 1 is 1.15 bits per heavy atom. The number of aliphatic hydroxyl groups excluding tert-OH is 3. The van der Waals surface area contributed by atoms with Crippen molar-refractivity contribution in [2.45, 2.75) is 35.3 Å². The minimum Gasteiger partial charge on any atom is -0.394 e. The Hall–Kier alpha value is -2.11. The zero-order chi connectivity index (χ0) is 19.0. The number of aliphatic hydroxyl groups is 3. The Morgan fingerprint density at radius 3 is 2.63 bits per heavy atom. The molecule has 4 rings (SSSR count). The van der Waals surface area contributed by atoms with E-state index in [1.54, 1.807) is 0 Å². The molecule has 1 fully saturated rings. The molecule has 4 atom stereocenters. The van der Waals surface area contributed by atoms with Crippen LogP contribution in [-0.4, -0.2) is 59.8 Å².